The predicted molar refractivity (Wildman–Crippen MR) is 335 cm³/mol. The van der Waals surface area contributed by atoms with Gasteiger partial charge in [0.05, 0.1) is 0 Å². The van der Waals surface area contributed by atoms with Crippen molar-refractivity contribution in [1.29, 1.82) is 0 Å². The fourth-order valence-corrected chi connectivity index (χ4v) is 10.7. The standard InChI is InChI=1S/C71H134O6/c1-4-7-10-13-16-19-22-25-28-31-33-34-35-36-37-38-41-43-46-49-52-55-58-61-64-70(73)76-67-68(66-75-69(72)63-60-57-54-51-48-45-42-39-30-27-24-21-18-15-12-9-6-3)77-71(74)65-62-59-56-53-50-47-44-40-32-29-26-23-20-17-14-11-8-5-2/h27,29-30,32,68H,4-26,28,31,33-67H2,1-3H3/b30-27-,32-29-. The lowest BCUT2D eigenvalue weighted by Gasteiger charge is -2.18. The molecule has 6 heteroatoms. The van der Waals surface area contributed by atoms with Crippen LogP contribution < -0.4 is 0 Å². The van der Waals surface area contributed by atoms with Gasteiger partial charge in [0.25, 0.3) is 0 Å². The molecular weight excluding hydrogens is 949 g/mol. The molecule has 0 aromatic heterocycles. The van der Waals surface area contributed by atoms with Crippen LogP contribution in [0.5, 0.6) is 0 Å². The second kappa shape index (κ2) is 66.4. The highest BCUT2D eigenvalue weighted by molar-refractivity contribution is 5.71. The molecule has 0 aliphatic heterocycles. The first-order valence-corrected chi connectivity index (χ1v) is 34.8. The largest absolute Gasteiger partial charge is 0.462 e. The Morgan fingerprint density at radius 1 is 0.247 bits per heavy atom. The number of hydrogen-bond donors (Lipinski definition) is 0. The van der Waals surface area contributed by atoms with Crippen molar-refractivity contribution in [2.24, 2.45) is 0 Å². The van der Waals surface area contributed by atoms with E-state index >= 15 is 0 Å². The van der Waals surface area contributed by atoms with E-state index in [0.29, 0.717) is 19.3 Å². The minimum atomic E-state index is -0.774. The van der Waals surface area contributed by atoms with Crippen LogP contribution in [0.2, 0.25) is 0 Å². The summed E-state index contributed by atoms with van der Waals surface area (Å²) < 4.78 is 17.0. The summed E-state index contributed by atoms with van der Waals surface area (Å²) in [5.41, 5.74) is 0. The van der Waals surface area contributed by atoms with Crippen molar-refractivity contribution in [3.8, 4) is 0 Å². The molecule has 0 bridgehead atoms. The monoisotopic (exact) mass is 1080 g/mol. The minimum absolute atomic E-state index is 0.0690. The molecule has 0 aromatic rings. The molecule has 0 aliphatic carbocycles. The maximum atomic E-state index is 12.9. The lowest BCUT2D eigenvalue weighted by molar-refractivity contribution is -0.167. The molecule has 454 valence electrons. The highest BCUT2D eigenvalue weighted by atomic mass is 16.6. The molecular formula is C71H134O6. The molecule has 1 atom stereocenters. The van der Waals surface area contributed by atoms with Gasteiger partial charge in [0.2, 0.25) is 0 Å². The molecule has 0 heterocycles. The minimum Gasteiger partial charge on any atom is -0.462 e. The SMILES string of the molecule is CCCCCCCC/C=C\CCCCCCCCCC(=O)OCC(COC(=O)CCCCCCCCCCCCCCCCCCCCCCCCCC)OC(=O)CCCCCCCCC/C=C\CCCCCCCCC. The van der Waals surface area contributed by atoms with Crippen LogP contribution in [0, 0.1) is 0 Å². The van der Waals surface area contributed by atoms with E-state index in [0.717, 1.165) is 57.8 Å². The summed E-state index contributed by atoms with van der Waals surface area (Å²) in [6, 6.07) is 0. The van der Waals surface area contributed by atoms with Gasteiger partial charge in [-0.15, -0.1) is 0 Å². The van der Waals surface area contributed by atoms with Crippen molar-refractivity contribution in [3.05, 3.63) is 24.3 Å². The van der Waals surface area contributed by atoms with E-state index in [1.807, 2.05) is 0 Å². The topological polar surface area (TPSA) is 78.9 Å². The van der Waals surface area contributed by atoms with Crippen LogP contribution in [0.25, 0.3) is 0 Å². The number of esters is 3. The molecule has 0 rings (SSSR count). The van der Waals surface area contributed by atoms with Gasteiger partial charge in [-0.1, -0.05) is 328 Å². The van der Waals surface area contributed by atoms with Crippen molar-refractivity contribution in [2.45, 2.75) is 399 Å². The number of carbonyl (C=O) groups is 3. The predicted octanol–water partition coefficient (Wildman–Crippen LogP) is 23.8. The Bertz CT molecular complexity index is 1240. The first-order valence-electron chi connectivity index (χ1n) is 34.8. The summed E-state index contributed by atoms with van der Waals surface area (Å²) in [6.07, 6.45) is 80.6. The van der Waals surface area contributed by atoms with E-state index in [1.165, 1.54) is 295 Å². The number of rotatable bonds is 65. The molecule has 0 aliphatic rings. The van der Waals surface area contributed by atoms with Crippen LogP contribution >= 0.6 is 0 Å². The molecule has 0 aromatic carbocycles. The molecule has 0 fully saturated rings. The Labute approximate surface area is 481 Å². The van der Waals surface area contributed by atoms with Crippen molar-refractivity contribution in [2.75, 3.05) is 13.2 Å². The van der Waals surface area contributed by atoms with E-state index < -0.39 is 6.10 Å². The zero-order chi connectivity index (χ0) is 55.7. The van der Waals surface area contributed by atoms with Crippen LogP contribution in [0.15, 0.2) is 24.3 Å². The zero-order valence-corrected chi connectivity index (χ0v) is 52.3. The third-order valence-corrected chi connectivity index (χ3v) is 15.9. The molecule has 6 nitrogen and oxygen atoms in total. The van der Waals surface area contributed by atoms with Crippen LogP contribution in [0.4, 0.5) is 0 Å². The Morgan fingerprint density at radius 2 is 0.429 bits per heavy atom. The summed E-state index contributed by atoms with van der Waals surface area (Å²) in [7, 11) is 0. The van der Waals surface area contributed by atoms with Gasteiger partial charge in [0.1, 0.15) is 13.2 Å². The average Bonchev–Trinajstić information content (AvgIpc) is 3.43. The van der Waals surface area contributed by atoms with Crippen LogP contribution in [0.3, 0.4) is 0 Å². The quantitative estimate of drug-likeness (QED) is 0.0261. The summed E-state index contributed by atoms with van der Waals surface area (Å²) in [4.78, 5) is 38.4. The van der Waals surface area contributed by atoms with Gasteiger partial charge in [0.15, 0.2) is 6.10 Å². The third kappa shape index (κ3) is 64.6. The fourth-order valence-electron chi connectivity index (χ4n) is 10.7. The Morgan fingerprint density at radius 3 is 0.649 bits per heavy atom. The zero-order valence-electron chi connectivity index (χ0n) is 52.3. The highest BCUT2D eigenvalue weighted by Gasteiger charge is 2.19. The summed E-state index contributed by atoms with van der Waals surface area (Å²) in [5, 5.41) is 0. The van der Waals surface area contributed by atoms with Crippen LogP contribution in [-0.4, -0.2) is 37.2 Å². The number of ether oxygens (including phenoxy) is 3. The van der Waals surface area contributed by atoms with E-state index in [9.17, 15) is 14.4 Å². The molecule has 0 N–H and O–H groups in total. The molecule has 77 heavy (non-hydrogen) atoms. The van der Waals surface area contributed by atoms with E-state index in [1.54, 1.807) is 0 Å². The first-order chi connectivity index (χ1) is 38.0. The van der Waals surface area contributed by atoms with E-state index in [4.69, 9.17) is 14.2 Å². The number of allylic oxidation sites excluding steroid dienone is 4. The molecule has 0 radical (unpaired) electrons. The van der Waals surface area contributed by atoms with E-state index in [-0.39, 0.29) is 31.1 Å². The lowest BCUT2D eigenvalue weighted by Crippen LogP contribution is -2.30. The van der Waals surface area contributed by atoms with Crippen molar-refractivity contribution in [3.63, 3.8) is 0 Å². The smallest absolute Gasteiger partial charge is 0.306 e. The number of unbranched alkanes of at least 4 members (excludes halogenated alkanes) is 50. The molecule has 0 amide bonds. The molecule has 0 spiro atoms. The second-order valence-corrected chi connectivity index (χ2v) is 23.8. The summed E-state index contributed by atoms with van der Waals surface area (Å²) in [6.45, 7) is 6.71. The van der Waals surface area contributed by atoms with Gasteiger partial charge in [-0.3, -0.25) is 14.4 Å². The van der Waals surface area contributed by atoms with Crippen molar-refractivity contribution in [1.82, 2.24) is 0 Å². The first kappa shape index (κ1) is 74.9. The molecule has 0 saturated carbocycles. The second-order valence-electron chi connectivity index (χ2n) is 23.8. The van der Waals surface area contributed by atoms with Gasteiger partial charge >= 0.3 is 17.9 Å². The van der Waals surface area contributed by atoms with Gasteiger partial charge in [0, 0.05) is 19.3 Å². The van der Waals surface area contributed by atoms with Gasteiger partial charge in [-0.05, 0) is 70.6 Å². The average molecular weight is 1080 g/mol. The van der Waals surface area contributed by atoms with Crippen LogP contribution in [-0.2, 0) is 28.6 Å². The third-order valence-electron chi connectivity index (χ3n) is 15.9. The van der Waals surface area contributed by atoms with Gasteiger partial charge in [-0.2, -0.15) is 0 Å². The summed E-state index contributed by atoms with van der Waals surface area (Å²) in [5.74, 6) is -0.847. The Balaban J connectivity index is 4.28. The van der Waals surface area contributed by atoms with Crippen LogP contribution in [0.1, 0.15) is 393 Å². The van der Waals surface area contributed by atoms with E-state index in [2.05, 4.69) is 45.1 Å². The lowest BCUT2D eigenvalue weighted by atomic mass is 10.0. The highest BCUT2D eigenvalue weighted by Crippen LogP contribution is 2.18. The number of carbonyl (C=O) groups excluding carboxylic acids is 3. The van der Waals surface area contributed by atoms with Crippen molar-refractivity contribution >= 4 is 17.9 Å². The molecule has 1 unspecified atom stereocenters. The normalized spacial score (nSPS) is 12.1. The maximum absolute atomic E-state index is 12.9. The molecule has 0 saturated heterocycles. The van der Waals surface area contributed by atoms with Gasteiger partial charge in [-0.25, -0.2) is 0 Å². The summed E-state index contributed by atoms with van der Waals surface area (Å²) >= 11 is 0. The fraction of sp³-hybridized carbons (Fsp3) is 0.901. The number of hydrogen-bond acceptors (Lipinski definition) is 6. The van der Waals surface area contributed by atoms with Crippen molar-refractivity contribution < 1.29 is 28.6 Å². The van der Waals surface area contributed by atoms with Gasteiger partial charge < -0.3 is 14.2 Å². The Hall–Kier alpha value is -2.11. The maximum Gasteiger partial charge on any atom is 0.306 e. The Kier molecular flexibility index (Phi) is 64.6.